The molecule has 28 heavy (non-hydrogen) atoms. The molecular formula is C20H24ClN3O3S. The molecule has 2 atom stereocenters. The van der Waals surface area contributed by atoms with Crippen LogP contribution in [0, 0.1) is 0 Å². The highest BCUT2D eigenvalue weighted by Crippen LogP contribution is 2.29. The van der Waals surface area contributed by atoms with Crippen molar-refractivity contribution in [3.05, 3.63) is 57.2 Å². The average molecular weight is 422 g/mol. The Labute approximate surface area is 173 Å². The summed E-state index contributed by atoms with van der Waals surface area (Å²) < 4.78 is 5.45. The van der Waals surface area contributed by atoms with Gasteiger partial charge in [-0.3, -0.25) is 14.5 Å². The Kier molecular flexibility index (Phi) is 7.44. The van der Waals surface area contributed by atoms with Crippen molar-refractivity contribution in [1.82, 2.24) is 15.5 Å². The molecular weight excluding hydrogens is 398 g/mol. The van der Waals surface area contributed by atoms with Gasteiger partial charge >= 0.3 is 11.8 Å². The molecule has 0 unspecified atom stereocenters. The number of hydrogen-bond acceptors (Lipinski definition) is 5. The Balaban J connectivity index is 1.58. The van der Waals surface area contributed by atoms with Crippen LogP contribution in [0.5, 0.6) is 0 Å². The van der Waals surface area contributed by atoms with Crippen LogP contribution in [0.15, 0.2) is 41.8 Å². The zero-order valence-corrected chi connectivity index (χ0v) is 17.3. The number of hydrogen-bond donors (Lipinski definition) is 2. The lowest BCUT2D eigenvalue weighted by Crippen LogP contribution is -2.51. The van der Waals surface area contributed by atoms with Crippen molar-refractivity contribution < 1.29 is 14.3 Å². The quantitative estimate of drug-likeness (QED) is 0.703. The lowest BCUT2D eigenvalue weighted by molar-refractivity contribution is -0.140. The third-order valence-corrected chi connectivity index (χ3v) is 5.87. The molecule has 0 aliphatic carbocycles. The molecule has 0 saturated carbocycles. The van der Waals surface area contributed by atoms with E-state index >= 15 is 0 Å². The van der Waals surface area contributed by atoms with Crippen molar-refractivity contribution in [2.45, 2.75) is 25.6 Å². The van der Waals surface area contributed by atoms with Gasteiger partial charge in [0.2, 0.25) is 0 Å². The standard InChI is InChI=1S/C20H24ClN3O3S/c1-14(18(17-3-2-12-28-17)24-8-10-27-11-9-24)23-20(26)19(25)22-13-15-4-6-16(21)7-5-15/h2-7,12,14,18H,8-11,13H2,1H3,(H,22,25)(H,23,26)/t14-,18-/m1/s1. The molecule has 2 amide bonds. The highest BCUT2D eigenvalue weighted by atomic mass is 35.5. The minimum absolute atomic E-state index is 0.0110. The summed E-state index contributed by atoms with van der Waals surface area (Å²) in [7, 11) is 0. The molecule has 3 rings (SSSR count). The van der Waals surface area contributed by atoms with E-state index in [1.807, 2.05) is 30.5 Å². The van der Waals surface area contributed by atoms with Gasteiger partial charge < -0.3 is 15.4 Å². The Morgan fingerprint density at radius 3 is 2.54 bits per heavy atom. The fourth-order valence-corrected chi connectivity index (χ4v) is 4.36. The maximum Gasteiger partial charge on any atom is 0.309 e. The molecule has 0 spiro atoms. The summed E-state index contributed by atoms with van der Waals surface area (Å²) in [6.45, 7) is 5.14. The van der Waals surface area contributed by atoms with Crippen LogP contribution in [-0.4, -0.2) is 49.1 Å². The second-order valence-corrected chi connectivity index (χ2v) is 8.10. The topological polar surface area (TPSA) is 70.7 Å². The van der Waals surface area contributed by atoms with Gasteiger partial charge in [-0.05, 0) is 36.1 Å². The highest BCUT2D eigenvalue weighted by molar-refractivity contribution is 7.10. The number of ether oxygens (including phenoxy) is 1. The molecule has 150 valence electrons. The van der Waals surface area contributed by atoms with Gasteiger partial charge in [-0.2, -0.15) is 0 Å². The maximum atomic E-state index is 12.4. The van der Waals surface area contributed by atoms with Crippen LogP contribution >= 0.6 is 22.9 Å². The number of nitrogens with zero attached hydrogens (tertiary/aromatic N) is 1. The molecule has 1 aliphatic heterocycles. The molecule has 6 nitrogen and oxygen atoms in total. The summed E-state index contributed by atoms with van der Waals surface area (Å²) >= 11 is 7.51. The van der Waals surface area contributed by atoms with Gasteiger partial charge in [0.25, 0.3) is 0 Å². The smallest absolute Gasteiger partial charge is 0.309 e. The molecule has 2 N–H and O–H groups in total. The van der Waals surface area contributed by atoms with Crippen molar-refractivity contribution in [3.8, 4) is 0 Å². The third kappa shape index (κ3) is 5.54. The number of morpholine rings is 1. The minimum Gasteiger partial charge on any atom is -0.379 e. The first-order chi connectivity index (χ1) is 13.5. The fraction of sp³-hybridized carbons (Fsp3) is 0.400. The molecule has 8 heteroatoms. The van der Waals surface area contributed by atoms with E-state index in [1.54, 1.807) is 23.5 Å². The molecule has 0 radical (unpaired) electrons. The van der Waals surface area contributed by atoms with Gasteiger partial charge in [0.05, 0.1) is 19.3 Å². The summed E-state index contributed by atoms with van der Waals surface area (Å²) in [5, 5.41) is 8.17. The molecule has 1 saturated heterocycles. The molecule has 1 aromatic heterocycles. The van der Waals surface area contributed by atoms with E-state index in [1.165, 1.54) is 0 Å². The monoisotopic (exact) mass is 421 g/mol. The van der Waals surface area contributed by atoms with Crippen LogP contribution < -0.4 is 10.6 Å². The number of rotatable bonds is 6. The van der Waals surface area contributed by atoms with Crippen LogP contribution in [0.4, 0.5) is 0 Å². The lowest BCUT2D eigenvalue weighted by Gasteiger charge is -2.37. The molecule has 1 aromatic carbocycles. The number of nitrogens with one attached hydrogen (secondary N) is 2. The summed E-state index contributed by atoms with van der Waals surface area (Å²) in [4.78, 5) is 28.1. The predicted octanol–water partition coefficient (Wildman–Crippen LogP) is 2.60. The molecule has 0 bridgehead atoms. The third-order valence-electron chi connectivity index (χ3n) is 4.68. The van der Waals surface area contributed by atoms with Gasteiger partial charge in [-0.1, -0.05) is 29.8 Å². The van der Waals surface area contributed by atoms with Gasteiger partial charge in [-0.15, -0.1) is 11.3 Å². The summed E-state index contributed by atoms with van der Waals surface area (Å²) in [5.74, 6) is -1.27. The van der Waals surface area contributed by atoms with Crippen LogP contribution in [-0.2, 0) is 20.9 Å². The van der Waals surface area contributed by atoms with Crippen molar-refractivity contribution in [2.24, 2.45) is 0 Å². The van der Waals surface area contributed by atoms with Crippen molar-refractivity contribution in [2.75, 3.05) is 26.3 Å². The van der Waals surface area contributed by atoms with Crippen LogP contribution in [0.2, 0.25) is 5.02 Å². The summed E-state index contributed by atoms with van der Waals surface area (Å²) in [6.07, 6.45) is 0. The molecule has 2 aromatic rings. The van der Waals surface area contributed by atoms with Crippen LogP contribution in [0.3, 0.4) is 0 Å². The van der Waals surface area contributed by atoms with Crippen LogP contribution in [0.25, 0.3) is 0 Å². The minimum atomic E-state index is -0.645. The second kappa shape index (κ2) is 10.0. The van der Waals surface area contributed by atoms with E-state index in [2.05, 4.69) is 21.6 Å². The van der Waals surface area contributed by atoms with E-state index < -0.39 is 11.8 Å². The van der Waals surface area contributed by atoms with Gasteiger partial charge in [0.15, 0.2) is 0 Å². The highest BCUT2D eigenvalue weighted by Gasteiger charge is 2.30. The largest absolute Gasteiger partial charge is 0.379 e. The predicted molar refractivity (Wildman–Crippen MR) is 110 cm³/mol. The Morgan fingerprint density at radius 1 is 1.18 bits per heavy atom. The summed E-state index contributed by atoms with van der Waals surface area (Å²) in [6, 6.07) is 11.0. The molecule has 1 fully saturated rings. The second-order valence-electron chi connectivity index (χ2n) is 6.68. The number of carbonyl (C=O) groups is 2. The SMILES string of the molecule is C[C@@H](NC(=O)C(=O)NCc1ccc(Cl)cc1)[C@H](c1cccs1)N1CCOCC1. The Morgan fingerprint density at radius 2 is 1.89 bits per heavy atom. The first-order valence-electron chi connectivity index (χ1n) is 9.23. The van der Waals surface area contributed by atoms with E-state index in [0.717, 1.165) is 23.5 Å². The number of halogens is 1. The van der Waals surface area contributed by atoms with E-state index in [9.17, 15) is 9.59 Å². The normalized spacial score (nSPS) is 16.9. The van der Waals surface area contributed by atoms with E-state index in [0.29, 0.717) is 18.2 Å². The molecule has 2 heterocycles. The first-order valence-corrected chi connectivity index (χ1v) is 10.5. The zero-order valence-electron chi connectivity index (χ0n) is 15.7. The maximum absolute atomic E-state index is 12.4. The number of thiophene rings is 1. The number of benzene rings is 1. The van der Waals surface area contributed by atoms with Gasteiger partial charge in [0, 0.05) is 35.6 Å². The number of carbonyl (C=O) groups excluding carboxylic acids is 2. The fourth-order valence-electron chi connectivity index (χ4n) is 3.27. The Hall–Kier alpha value is -1.93. The van der Waals surface area contributed by atoms with Crippen molar-refractivity contribution >= 4 is 34.8 Å². The lowest BCUT2D eigenvalue weighted by atomic mass is 10.1. The molecule has 1 aliphatic rings. The van der Waals surface area contributed by atoms with E-state index in [-0.39, 0.29) is 18.6 Å². The van der Waals surface area contributed by atoms with Crippen LogP contribution in [0.1, 0.15) is 23.4 Å². The zero-order chi connectivity index (χ0) is 19.9. The van der Waals surface area contributed by atoms with Gasteiger partial charge in [-0.25, -0.2) is 0 Å². The average Bonchev–Trinajstić information content (AvgIpc) is 3.22. The van der Waals surface area contributed by atoms with Gasteiger partial charge in [0.1, 0.15) is 0 Å². The number of amides is 2. The summed E-state index contributed by atoms with van der Waals surface area (Å²) in [5.41, 5.74) is 0.878. The van der Waals surface area contributed by atoms with Crippen molar-refractivity contribution in [1.29, 1.82) is 0 Å². The first kappa shape index (κ1) is 20.8. The van der Waals surface area contributed by atoms with E-state index in [4.69, 9.17) is 16.3 Å². The van der Waals surface area contributed by atoms with Crippen molar-refractivity contribution in [3.63, 3.8) is 0 Å². The Bertz CT molecular complexity index is 777.